The Labute approximate surface area is 113 Å². The number of hydrogen-bond acceptors (Lipinski definition) is 2. The predicted molar refractivity (Wildman–Crippen MR) is 69.7 cm³/mol. The van der Waals surface area contributed by atoms with Gasteiger partial charge in [-0.3, -0.25) is 0 Å². The van der Waals surface area contributed by atoms with Crippen LogP contribution in [0.3, 0.4) is 0 Å². The number of nitrogens with two attached hydrogens (primary N) is 1. The monoisotopic (exact) mass is 278 g/mol. The maximum absolute atomic E-state index is 12.1. The molecule has 5 heteroatoms. The fourth-order valence-electron chi connectivity index (χ4n) is 3.69. The number of likely N-dealkylation sites (tertiary alicyclic amines) is 1. The van der Waals surface area contributed by atoms with Crippen molar-refractivity contribution in [1.82, 2.24) is 4.90 Å². The zero-order chi connectivity index (χ0) is 14.0. The summed E-state index contributed by atoms with van der Waals surface area (Å²) in [4.78, 5) is 2.36. The molecule has 1 heterocycles. The van der Waals surface area contributed by atoms with Crippen molar-refractivity contribution in [1.29, 1.82) is 0 Å². The molecule has 2 fully saturated rings. The van der Waals surface area contributed by atoms with Crippen molar-refractivity contribution in [2.45, 2.75) is 63.7 Å². The summed E-state index contributed by atoms with van der Waals surface area (Å²) < 4.78 is 36.4. The largest absolute Gasteiger partial charge is 0.389 e. The van der Waals surface area contributed by atoms with Gasteiger partial charge in [0.2, 0.25) is 0 Å². The van der Waals surface area contributed by atoms with Crippen LogP contribution in [0.5, 0.6) is 0 Å². The summed E-state index contributed by atoms with van der Waals surface area (Å²) in [5.74, 6) is 1.24. The third-order valence-corrected chi connectivity index (χ3v) is 4.89. The van der Waals surface area contributed by atoms with Gasteiger partial charge >= 0.3 is 6.18 Å². The lowest BCUT2D eigenvalue weighted by molar-refractivity contribution is -0.136. The van der Waals surface area contributed by atoms with Crippen LogP contribution in [0, 0.1) is 11.8 Å². The highest BCUT2D eigenvalue weighted by Crippen LogP contribution is 2.37. The van der Waals surface area contributed by atoms with E-state index in [4.69, 9.17) is 5.73 Å². The number of rotatable bonds is 4. The first-order valence-electron chi connectivity index (χ1n) is 7.43. The van der Waals surface area contributed by atoms with Gasteiger partial charge in [0, 0.05) is 31.6 Å². The zero-order valence-corrected chi connectivity index (χ0v) is 11.6. The van der Waals surface area contributed by atoms with E-state index in [1.807, 2.05) is 0 Å². The Morgan fingerprint density at radius 3 is 2.63 bits per heavy atom. The summed E-state index contributed by atoms with van der Waals surface area (Å²) in [6.07, 6.45) is -0.240. The molecule has 0 radical (unpaired) electrons. The SMILES string of the molecule is CC(CCCC(F)(F)F)N1CC2CCCC(N)C2C1. The molecule has 1 saturated carbocycles. The van der Waals surface area contributed by atoms with Crippen LogP contribution in [0.4, 0.5) is 13.2 Å². The zero-order valence-electron chi connectivity index (χ0n) is 11.6. The number of fused-ring (bicyclic) bond motifs is 1. The molecule has 0 aromatic carbocycles. The van der Waals surface area contributed by atoms with Crippen LogP contribution in [0.25, 0.3) is 0 Å². The third-order valence-electron chi connectivity index (χ3n) is 4.89. The van der Waals surface area contributed by atoms with Gasteiger partial charge in [-0.05, 0) is 44.4 Å². The molecule has 2 aliphatic rings. The van der Waals surface area contributed by atoms with Crippen LogP contribution >= 0.6 is 0 Å². The molecule has 1 aliphatic carbocycles. The van der Waals surface area contributed by atoms with Crippen molar-refractivity contribution in [3.63, 3.8) is 0 Å². The Kier molecular flexibility index (Phi) is 4.77. The van der Waals surface area contributed by atoms with Gasteiger partial charge in [0.15, 0.2) is 0 Å². The van der Waals surface area contributed by atoms with E-state index in [0.29, 0.717) is 24.3 Å². The summed E-state index contributed by atoms with van der Waals surface area (Å²) in [6, 6.07) is 0.547. The van der Waals surface area contributed by atoms with Crippen molar-refractivity contribution in [3.8, 4) is 0 Å². The van der Waals surface area contributed by atoms with Crippen molar-refractivity contribution >= 4 is 0 Å². The first kappa shape index (κ1) is 15.1. The molecular weight excluding hydrogens is 253 g/mol. The molecule has 4 unspecified atom stereocenters. The van der Waals surface area contributed by atoms with E-state index in [0.717, 1.165) is 19.5 Å². The minimum atomic E-state index is -4.01. The lowest BCUT2D eigenvalue weighted by atomic mass is 9.78. The van der Waals surface area contributed by atoms with Gasteiger partial charge in [-0.1, -0.05) is 6.42 Å². The van der Waals surface area contributed by atoms with E-state index >= 15 is 0 Å². The van der Waals surface area contributed by atoms with E-state index in [9.17, 15) is 13.2 Å². The van der Waals surface area contributed by atoms with E-state index < -0.39 is 12.6 Å². The van der Waals surface area contributed by atoms with Gasteiger partial charge in [-0.25, -0.2) is 0 Å². The van der Waals surface area contributed by atoms with Crippen molar-refractivity contribution in [2.24, 2.45) is 17.6 Å². The molecule has 0 amide bonds. The van der Waals surface area contributed by atoms with E-state index in [2.05, 4.69) is 11.8 Å². The van der Waals surface area contributed by atoms with E-state index in [1.54, 1.807) is 0 Å². The van der Waals surface area contributed by atoms with Crippen LogP contribution in [0.1, 0.15) is 45.4 Å². The van der Waals surface area contributed by atoms with Crippen LogP contribution in [0.2, 0.25) is 0 Å². The molecule has 2 N–H and O–H groups in total. The molecule has 0 spiro atoms. The fraction of sp³-hybridized carbons (Fsp3) is 1.00. The van der Waals surface area contributed by atoms with Gasteiger partial charge in [0.25, 0.3) is 0 Å². The maximum Gasteiger partial charge on any atom is 0.389 e. The average Bonchev–Trinajstić information content (AvgIpc) is 2.72. The van der Waals surface area contributed by atoms with Crippen molar-refractivity contribution in [2.75, 3.05) is 13.1 Å². The molecular formula is C14H25F3N2. The molecule has 112 valence electrons. The Morgan fingerprint density at radius 1 is 1.26 bits per heavy atom. The highest BCUT2D eigenvalue weighted by atomic mass is 19.4. The van der Waals surface area contributed by atoms with Crippen LogP contribution < -0.4 is 5.73 Å². The number of nitrogens with zero attached hydrogens (tertiary/aromatic N) is 1. The van der Waals surface area contributed by atoms with Gasteiger partial charge in [-0.2, -0.15) is 13.2 Å². The second-order valence-electron chi connectivity index (χ2n) is 6.33. The number of halogens is 3. The molecule has 2 nitrogen and oxygen atoms in total. The molecule has 4 atom stereocenters. The molecule has 0 aromatic rings. The summed E-state index contributed by atoms with van der Waals surface area (Å²) in [6.45, 7) is 4.07. The highest BCUT2D eigenvalue weighted by molar-refractivity contribution is 4.94. The summed E-state index contributed by atoms with van der Waals surface area (Å²) in [5, 5.41) is 0. The number of alkyl halides is 3. The summed E-state index contributed by atoms with van der Waals surface area (Å²) >= 11 is 0. The first-order valence-corrected chi connectivity index (χ1v) is 7.43. The molecule has 0 bridgehead atoms. The summed E-state index contributed by atoms with van der Waals surface area (Å²) in [5.41, 5.74) is 6.16. The van der Waals surface area contributed by atoms with Crippen molar-refractivity contribution in [3.05, 3.63) is 0 Å². The molecule has 1 saturated heterocycles. The van der Waals surface area contributed by atoms with Crippen LogP contribution in [-0.4, -0.2) is 36.2 Å². The van der Waals surface area contributed by atoms with E-state index in [1.165, 1.54) is 12.8 Å². The van der Waals surface area contributed by atoms with E-state index in [-0.39, 0.29) is 12.5 Å². The normalized spacial score (nSPS) is 34.3. The first-order chi connectivity index (χ1) is 8.87. The third kappa shape index (κ3) is 4.09. The Hall–Kier alpha value is -0.290. The highest BCUT2D eigenvalue weighted by Gasteiger charge is 2.40. The predicted octanol–water partition coefficient (Wildman–Crippen LogP) is 3.17. The lowest BCUT2D eigenvalue weighted by Gasteiger charge is -2.30. The minimum absolute atomic E-state index is 0.239. The molecule has 1 aliphatic heterocycles. The quantitative estimate of drug-likeness (QED) is 0.856. The van der Waals surface area contributed by atoms with Crippen molar-refractivity contribution < 1.29 is 13.2 Å². The minimum Gasteiger partial charge on any atom is -0.327 e. The second-order valence-corrected chi connectivity index (χ2v) is 6.33. The topological polar surface area (TPSA) is 29.3 Å². The summed E-state index contributed by atoms with van der Waals surface area (Å²) in [7, 11) is 0. The van der Waals surface area contributed by atoms with Crippen LogP contribution in [-0.2, 0) is 0 Å². The Balaban J connectivity index is 1.76. The van der Waals surface area contributed by atoms with Gasteiger partial charge in [-0.15, -0.1) is 0 Å². The Bertz CT molecular complexity index is 293. The smallest absolute Gasteiger partial charge is 0.327 e. The van der Waals surface area contributed by atoms with Gasteiger partial charge in [0.1, 0.15) is 0 Å². The number of hydrogen-bond donors (Lipinski definition) is 1. The standard InChI is InChI=1S/C14H25F3N2/c1-10(4-3-7-14(15,16)17)19-8-11-5-2-6-13(18)12(11)9-19/h10-13H,2-9,18H2,1H3. The maximum atomic E-state index is 12.1. The van der Waals surface area contributed by atoms with Gasteiger partial charge < -0.3 is 10.6 Å². The average molecular weight is 278 g/mol. The van der Waals surface area contributed by atoms with Gasteiger partial charge in [0.05, 0.1) is 0 Å². The van der Waals surface area contributed by atoms with Crippen LogP contribution in [0.15, 0.2) is 0 Å². The molecule has 2 rings (SSSR count). The Morgan fingerprint density at radius 2 is 2.00 bits per heavy atom. The second kappa shape index (κ2) is 6.00. The molecule has 0 aromatic heterocycles. The lowest BCUT2D eigenvalue weighted by Crippen LogP contribution is -2.38. The fourth-order valence-corrected chi connectivity index (χ4v) is 3.69. The molecule has 19 heavy (non-hydrogen) atoms.